The van der Waals surface area contributed by atoms with E-state index < -0.39 is 30.6 Å². The number of carbonyl (C=O) groups excluding carboxylic acids is 2. The van der Waals surface area contributed by atoms with Crippen LogP contribution in [0.25, 0.3) is 11.1 Å². The number of aliphatic carboxylic acids is 1. The molecule has 0 aliphatic heterocycles. The molecule has 4 rings (SSSR count). The first kappa shape index (κ1) is 23.7. The third kappa shape index (κ3) is 5.05. The van der Waals surface area contributed by atoms with Crippen molar-refractivity contribution in [1.29, 1.82) is 0 Å². The molecule has 0 bridgehead atoms. The Kier molecular flexibility index (Phi) is 7.13. The van der Waals surface area contributed by atoms with Gasteiger partial charge in [-0.05, 0) is 63.0 Å². The molecule has 1 aliphatic rings. The molecule has 8 nitrogen and oxygen atoms in total. The Morgan fingerprint density at radius 1 is 0.971 bits per heavy atom. The molecule has 0 unspecified atom stereocenters. The first-order valence-electron chi connectivity index (χ1n) is 10.4. The van der Waals surface area contributed by atoms with Crippen LogP contribution in [0.4, 0.5) is 10.5 Å². The van der Waals surface area contributed by atoms with Crippen LogP contribution in [0.3, 0.4) is 0 Å². The molecule has 1 atom stereocenters. The minimum Gasteiger partial charge on any atom is -0.480 e. The van der Waals surface area contributed by atoms with Gasteiger partial charge in [0.15, 0.2) is 6.04 Å². The number of aliphatic hydroxyl groups is 1. The van der Waals surface area contributed by atoms with Crippen LogP contribution in [-0.4, -0.2) is 47.4 Å². The van der Waals surface area contributed by atoms with Gasteiger partial charge >= 0.3 is 12.1 Å². The third-order valence-electron chi connectivity index (χ3n) is 5.54. The highest BCUT2D eigenvalue weighted by Gasteiger charge is 2.29. The summed E-state index contributed by atoms with van der Waals surface area (Å²) in [6.07, 6.45) is -0.672. The number of carboxylic acids is 1. The molecule has 3 aromatic carbocycles. The number of aliphatic hydroxyl groups excluding tert-OH is 1. The van der Waals surface area contributed by atoms with Gasteiger partial charge in [-0.2, -0.15) is 0 Å². The van der Waals surface area contributed by atoms with Gasteiger partial charge in [0.05, 0.1) is 6.61 Å². The van der Waals surface area contributed by atoms with Crippen molar-refractivity contribution in [2.45, 2.75) is 12.0 Å². The average Bonchev–Trinajstić information content (AvgIpc) is 3.14. The molecule has 9 heteroatoms. The Balaban J connectivity index is 1.44. The summed E-state index contributed by atoms with van der Waals surface area (Å²) >= 11 is 1.98. The molecule has 34 heavy (non-hydrogen) atoms. The molecule has 0 heterocycles. The summed E-state index contributed by atoms with van der Waals surface area (Å²) in [7, 11) is 0. The van der Waals surface area contributed by atoms with E-state index in [1.165, 1.54) is 12.1 Å². The predicted octanol–water partition coefficient (Wildman–Crippen LogP) is 3.83. The molecule has 0 fully saturated rings. The SMILES string of the molecule is O=C(Nc1cc(I)cc(C(=O)N[C@@H](CO)C(=O)O)c1)OCC1c2ccccc2-c2ccccc21. The second-order valence-corrected chi connectivity index (χ2v) is 8.97. The topological polar surface area (TPSA) is 125 Å². The van der Waals surface area contributed by atoms with Crippen molar-refractivity contribution < 1.29 is 29.3 Å². The molecular formula is C25H21IN2O6. The molecule has 0 saturated heterocycles. The number of hydrogen-bond donors (Lipinski definition) is 4. The Labute approximate surface area is 209 Å². The van der Waals surface area contributed by atoms with Gasteiger partial charge in [0.1, 0.15) is 6.61 Å². The first-order valence-corrected chi connectivity index (χ1v) is 11.5. The molecular weight excluding hydrogens is 551 g/mol. The van der Waals surface area contributed by atoms with E-state index in [1.54, 1.807) is 6.07 Å². The van der Waals surface area contributed by atoms with E-state index in [-0.39, 0.29) is 18.1 Å². The van der Waals surface area contributed by atoms with Gasteiger partial charge in [-0.1, -0.05) is 48.5 Å². The molecule has 0 aromatic heterocycles. The summed E-state index contributed by atoms with van der Waals surface area (Å²) in [6, 6.07) is 19.2. The van der Waals surface area contributed by atoms with Gasteiger partial charge in [0, 0.05) is 20.7 Å². The van der Waals surface area contributed by atoms with Crippen LogP contribution in [0.1, 0.15) is 27.4 Å². The average molecular weight is 572 g/mol. The summed E-state index contributed by atoms with van der Waals surface area (Å²) in [5.74, 6) is -2.11. The summed E-state index contributed by atoms with van der Waals surface area (Å²) < 4.78 is 6.18. The van der Waals surface area contributed by atoms with Gasteiger partial charge < -0.3 is 20.3 Å². The maximum absolute atomic E-state index is 12.6. The molecule has 0 saturated carbocycles. The minimum absolute atomic E-state index is 0.0816. The van der Waals surface area contributed by atoms with Crippen molar-refractivity contribution in [3.63, 3.8) is 0 Å². The van der Waals surface area contributed by atoms with Crippen molar-refractivity contribution >= 4 is 46.2 Å². The quantitative estimate of drug-likeness (QED) is 0.319. The zero-order valence-electron chi connectivity index (χ0n) is 17.8. The molecule has 0 radical (unpaired) electrons. The second-order valence-electron chi connectivity index (χ2n) is 7.73. The standard InChI is InChI=1S/C25H21IN2O6/c26-15-9-14(23(30)28-22(12-29)24(31)32)10-16(11-15)27-25(33)34-13-21-19-7-3-1-5-17(19)18-6-2-4-8-20(18)21/h1-11,21-22,29H,12-13H2,(H,27,33)(H,28,30)(H,31,32)/t22-/m0/s1. The number of carbonyl (C=O) groups is 3. The van der Waals surface area contributed by atoms with Crippen LogP contribution in [-0.2, 0) is 9.53 Å². The highest BCUT2D eigenvalue weighted by Crippen LogP contribution is 2.44. The van der Waals surface area contributed by atoms with Crippen LogP contribution in [0, 0.1) is 3.57 Å². The number of benzene rings is 3. The number of halogens is 1. The molecule has 3 aromatic rings. The van der Waals surface area contributed by atoms with Crippen LogP contribution < -0.4 is 10.6 Å². The normalized spacial score (nSPS) is 12.9. The highest BCUT2D eigenvalue weighted by molar-refractivity contribution is 14.1. The Morgan fingerprint density at radius 2 is 1.59 bits per heavy atom. The van der Waals surface area contributed by atoms with Crippen molar-refractivity contribution in [2.75, 3.05) is 18.5 Å². The number of anilines is 1. The van der Waals surface area contributed by atoms with Crippen LogP contribution in [0.5, 0.6) is 0 Å². The predicted molar refractivity (Wildman–Crippen MR) is 134 cm³/mol. The van der Waals surface area contributed by atoms with E-state index in [0.29, 0.717) is 9.26 Å². The van der Waals surface area contributed by atoms with Gasteiger partial charge in [-0.15, -0.1) is 0 Å². The van der Waals surface area contributed by atoms with E-state index in [0.717, 1.165) is 22.3 Å². The summed E-state index contributed by atoms with van der Waals surface area (Å²) in [5.41, 5.74) is 4.92. The smallest absolute Gasteiger partial charge is 0.411 e. The van der Waals surface area contributed by atoms with Gasteiger partial charge in [-0.25, -0.2) is 9.59 Å². The number of rotatable bonds is 7. The van der Waals surface area contributed by atoms with E-state index in [1.807, 2.05) is 59.0 Å². The van der Waals surface area contributed by atoms with E-state index in [2.05, 4.69) is 22.8 Å². The van der Waals surface area contributed by atoms with Crippen LogP contribution in [0.2, 0.25) is 0 Å². The Morgan fingerprint density at radius 3 is 2.18 bits per heavy atom. The fourth-order valence-electron chi connectivity index (χ4n) is 3.97. The zero-order valence-corrected chi connectivity index (χ0v) is 20.0. The van der Waals surface area contributed by atoms with Crippen molar-refractivity contribution in [2.24, 2.45) is 0 Å². The van der Waals surface area contributed by atoms with Gasteiger partial charge in [-0.3, -0.25) is 10.1 Å². The van der Waals surface area contributed by atoms with Crippen molar-refractivity contribution in [3.8, 4) is 11.1 Å². The summed E-state index contributed by atoms with van der Waals surface area (Å²) in [4.78, 5) is 36.0. The number of nitrogens with one attached hydrogen (secondary N) is 2. The van der Waals surface area contributed by atoms with Gasteiger partial charge in [0.2, 0.25) is 0 Å². The molecule has 4 N–H and O–H groups in total. The summed E-state index contributed by atoms with van der Waals surface area (Å²) in [6.45, 7) is -0.593. The molecule has 0 spiro atoms. The molecule has 1 aliphatic carbocycles. The van der Waals surface area contributed by atoms with E-state index in [9.17, 15) is 14.4 Å². The molecule has 2 amide bonds. The fraction of sp³-hybridized carbons (Fsp3) is 0.160. The van der Waals surface area contributed by atoms with Crippen molar-refractivity contribution in [1.82, 2.24) is 5.32 Å². The lowest BCUT2D eigenvalue weighted by atomic mass is 9.98. The largest absolute Gasteiger partial charge is 0.480 e. The number of hydrogen-bond acceptors (Lipinski definition) is 5. The molecule has 174 valence electrons. The minimum atomic E-state index is -1.43. The lowest BCUT2D eigenvalue weighted by molar-refractivity contribution is -0.140. The monoisotopic (exact) mass is 572 g/mol. The third-order valence-corrected chi connectivity index (χ3v) is 6.16. The highest BCUT2D eigenvalue weighted by atomic mass is 127. The lowest BCUT2D eigenvalue weighted by Gasteiger charge is -2.15. The van der Waals surface area contributed by atoms with Crippen molar-refractivity contribution in [3.05, 3.63) is 87.0 Å². The van der Waals surface area contributed by atoms with Crippen LogP contribution >= 0.6 is 22.6 Å². The fourth-order valence-corrected chi connectivity index (χ4v) is 4.64. The lowest BCUT2D eigenvalue weighted by Crippen LogP contribution is -2.43. The maximum Gasteiger partial charge on any atom is 0.411 e. The Bertz CT molecular complexity index is 1220. The van der Waals surface area contributed by atoms with E-state index >= 15 is 0 Å². The van der Waals surface area contributed by atoms with Crippen LogP contribution in [0.15, 0.2) is 66.7 Å². The number of fused-ring (bicyclic) bond motifs is 3. The Hall–Kier alpha value is -3.44. The van der Waals surface area contributed by atoms with E-state index in [4.69, 9.17) is 14.9 Å². The number of carboxylic acid groups (broad SMARTS) is 1. The first-order chi connectivity index (χ1) is 16.4. The summed E-state index contributed by atoms with van der Waals surface area (Å²) in [5, 5.41) is 23.0. The number of ether oxygens (including phenoxy) is 1. The second kappa shape index (κ2) is 10.2. The maximum atomic E-state index is 12.6. The zero-order chi connectivity index (χ0) is 24.2. The van der Waals surface area contributed by atoms with Gasteiger partial charge in [0.25, 0.3) is 5.91 Å². The number of amides is 2.